The number of hydrogen-bond acceptors (Lipinski definition) is 3. The molecule has 0 spiro atoms. The molecule has 2 aliphatic rings. The van der Waals surface area contributed by atoms with Gasteiger partial charge in [-0.25, -0.2) is 9.18 Å². The molecule has 2 unspecified atom stereocenters. The van der Waals surface area contributed by atoms with Crippen LogP contribution in [0.15, 0.2) is 48.5 Å². The largest absolute Gasteiger partial charge is 0.497 e. The van der Waals surface area contributed by atoms with Gasteiger partial charge < -0.3 is 14.5 Å². The van der Waals surface area contributed by atoms with Gasteiger partial charge in [-0.1, -0.05) is 18.2 Å². The SMILES string of the molecule is COc1ccc(C2c3[nH]c4c(c3CCN2C(=O)Oc2ccc(F)cc2)=CCC(Cl)C=4)cc1. The van der Waals surface area contributed by atoms with E-state index < -0.39 is 6.09 Å². The third-order valence-corrected chi connectivity index (χ3v) is 6.28. The maximum Gasteiger partial charge on any atom is 0.416 e. The number of nitrogens with zero attached hydrogens (tertiary/aromatic N) is 1. The number of nitrogens with one attached hydrogen (secondary N) is 1. The summed E-state index contributed by atoms with van der Waals surface area (Å²) in [5.74, 6) is 0.654. The molecular formula is C25H22ClFN2O3. The van der Waals surface area contributed by atoms with Crippen LogP contribution in [0.1, 0.15) is 29.3 Å². The highest BCUT2D eigenvalue weighted by Gasteiger charge is 2.35. The zero-order valence-electron chi connectivity index (χ0n) is 17.5. The van der Waals surface area contributed by atoms with Gasteiger partial charge in [0.05, 0.1) is 12.5 Å². The van der Waals surface area contributed by atoms with Crippen LogP contribution in [0.25, 0.3) is 12.2 Å². The van der Waals surface area contributed by atoms with Crippen LogP contribution in [0.2, 0.25) is 0 Å². The number of alkyl halides is 1. The lowest BCUT2D eigenvalue weighted by atomic mass is 9.92. The molecule has 3 aromatic rings. The molecule has 0 saturated heterocycles. The number of halogens is 2. The minimum Gasteiger partial charge on any atom is -0.497 e. The van der Waals surface area contributed by atoms with Crippen molar-refractivity contribution in [2.24, 2.45) is 0 Å². The summed E-state index contributed by atoms with van der Waals surface area (Å²) in [6.07, 6.45) is 5.19. The quantitative estimate of drug-likeness (QED) is 0.613. The molecule has 0 fully saturated rings. The van der Waals surface area contributed by atoms with Crippen LogP contribution in [0.5, 0.6) is 11.5 Å². The zero-order valence-corrected chi connectivity index (χ0v) is 18.2. The van der Waals surface area contributed by atoms with E-state index in [1.165, 1.54) is 35.0 Å². The van der Waals surface area contributed by atoms with Crippen LogP contribution >= 0.6 is 11.6 Å². The highest BCUT2D eigenvalue weighted by Crippen LogP contribution is 2.34. The molecule has 1 N–H and O–H groups in total. The average molecular weight is 453 g/mol. The second kappa shape index (κ2) is 8.36. The van der Waals surface area contributed by atoms with E-state index in [4.69, 9.17) is 21.1 Å². The fraction of sp³-hybridized carbons (Fsp3) is 0.240. The van der Waals surface area contributed by atoms with E-state index in [1.54, 1.807) is 12.0 Å². The lowest BCUT2D eigenvalue weighted by Gasteiger charge is -2.35. The second-order valence-corrected chi connectivity index (χ2v) is 8.47. The topological polar surface area (TPSA) is 54.6 Å². The predicted molar refractivity (Wildman–Crippen MR) is 121 cm³/mol. The Balaban J connectivity index is 1.57. The molecule has 7 heteroatoms. The molecule has 164 valence electrons. The Morgan fingerprint density at radius 1 is 1.12 bits per heavy atom. The van der Waals surface area contributed by atoms with Crippen LogP contribution < -0.4 is 20.0 Å². The number of methoxy groups -OCH3 is 1. The van der Waals surface area contributed by atoms with Crippen molar-refractivity contribution in [1.82, 2.24) is 9.88 Å². The van der Waals surface area contributed by atoms with Crippen molar-refractivity contribution in [3.63, 3.8) is 0 Å². The van der Waals surface area contributed by atoms with Crippen LogP contribution in [0.4, 0.5) is 9.18 Å². The number of aromatic nitrogens is 1. The Hall–Kier alpha value is -3.25. The van der Waals surface area contributed by atoms with Gasteiger partial charge in [0.1, 0.15) is 23.4 Å². The maximum absolute atomic E-state index is 13.2. The van der Waals surface area contributed by atoms with Crippen molar-refractivity contribution in [1.29, 1.82) is 0 Å². The normalized spacial score (nSPS) is 19.3. The van der Waals surface area contributed by atoms with Crippen molar-refractivity contribution < 1.29 is 18.7 Å². The first-order chi connectivity index (χ1) is 15.5. The Morgan fingerprint density at radius 2 is 1.84 bits per heavy atom. The Morgan fingerprint density at radius 3 is 2.56 bits per heavy atom. The highest BCUT2D eigenvalue weighted by molar-refractivity contribution is 6.24. The first kappa shape index (κ1) is 20.6. The number of H-pyrrole nitrogens is 1. The third kappa shape index (κ3) is 3.75. The Labute approximate surface area is 189 Å². The number of carbonyl (C=O) groups is 1. The molecule has 5 rings (SSSR count). The van der Waals surface area contributed by atoms with Gasteiger partial charge >= 0.3 is 6.09 Å². The predicted octanol–water partition coefficient (Wildman–Crippen LogP) is 3.88. The fourth-order valence-corrected chi connectivity index (χ4v) is 4.67. The molecule has 0 radical (unpaired) electrons. The first-order valence-electron chi connectivity index (χ1n) is 10.5. The third-order valence-electron chi connectivity index (χ3n) is 5.98. The lowest BCUT2D eigenvalue weighted by Crippen LogP contribution is -2.43. The molecule has 0 saturated carbocycles. The van der Waals surface area contributed by atoms with Crippen LogP contribution in [0.3, 0.4) is 0 Å². The van der Waals surface area contributed by atoms with Crippen LogP contribution in [-0.2, 0) is 6.42 Å². The first-order valence-corrected chi connectivity index (χ1v) is 10.9. The molecule has 32 heavy (non-hydrogen) atoms. The van der Waals surface area contributed by atoms with Gasteiger partial charge in [0.2, 0.25) is 0 Å². The van der Waals surface area contributed by atoms with Crippen LogP contribution in [-0.4, -0.2) is 35.0 Å². The van der Waals surface area contributed by atoms with Gasteiger partial charge in [0, 0.05) is 17.6 Å². The van der Waals surface area contributed by atoms with E-state index in [-0.39, 0.29) is 17.2 Å². The molecule has 0 bridgehead atoms. The molecule has 1 aliphatic heterocycles. The maximum atomic E-state index is 13.2. The Kier molecular flexibility index (Phi) is 5.39. The number of carbonyl (C=O) groups excluding carboxylic acids is 1. The second-order valence-electron chi connectivity index (χ2n) is 7.91. The molecule has 1 amide bonds. The summed E-state index contributed by atoms with van der Waals surface area (Å²) in [5, 5.41) is 2.11. The number of amides is 1. The number of fused-ring (bicyclic) bond motifs is 3. The Bertz CT molecular complexity index is 1270. The van der Waals surface area contributed by atoms with E-state index in [1.807, 2.05) is 30.3 Å². The number of aromatic amines is 1. The molecule has 1 aliphatic carbocycles. The van der Waals surface area contributed by atoms with Crippen molar-refractivity contribution in [3.8, 4) is 11.5 Å². The lowest BCUT2D eigenvalue weighted by molar-refractivity contribution is 0.135. The fourth-order valence-electron chi connectivity index (χ4n) is 4.45. The summed E-state index contributed by atoms with van der Waals surface area (Å²) in [6, 6.07) is 12.7. The van der Waals surface area contributed by atoms with Gasteiger partial charge in [-0.15, -0.1) is 11.6 Å². The summed E-state index contributed by atoms with van der Waals surface area (Å²) >= 11 is 6.34. The van der Waals surface area contributed by atoms with E-state index in [0.29, 0.717) is 18.7 Å². The zero-order chi connectivity index (χ0) is 22.2. The molecule has 2 heterocycles. The molecular weight excluding hydrogens is 431 g/mol. The number of benzene rings is 2. The van der Waals surface area contributed by atoms with Gasteiger partial charge in [-0.3, -0.25) is 4.90 Å². The van der Waals surface area contributed by atoms with Gasteiger partial charge in [0.25, 0.3) is 0 Å². The minimum atomic E-state index is -0.487. The molecule has 5 nitrogen and oxygen atoms in total. The van der Waals surface area contributed by atoms with Gasteiger partial charge in [0.15, 0.2) is 0 Å². The minimum absolute atomic E-state index is 0.0541. The average Bonchev–Trinajstić information content (AvgIpc) is 3.17. The standard InChI is InChI=1S/C25H22ClFN2O3/c1-31-18-7-2-15(3-8-18)24-23-21(20-11-4-16(26)14-22(20)28-23)12-13-29(24)25(30)32-19-9-5-17(27)6-10-19/h2-3,5-11,14,16,24,28H,4,12-13H2,1H3. The number of hydrogen-bond donors (Lipinski definition) is 1. The van der Waals surface area contributed by atoms with E-state index in [0.717, 1.165) is 28.8 Å². The molecule has 2 atom stereocenters. The summed E-state index contributed by atoms with van der Waals surface area (Å²) in [5.41, 5.74) is 3.09. The van der Waals surface area contributed by atoms with Gasteiger partial charge in [-0.2, -0.15) is 0 Å². The summed E-state index contributed by atoms with van der Waals surface area (Å²) in [7, 11) is 1.62. The summed E-state index contributed by atoms with van der Waals surface area (Å²) in [4.78, 5) is 18.4. The van der Waals surface area contributed by atoms with E-state index in [2.05, 4.69) is 11.1 Å². The number of ether oxygens (including phenoxy) is 2. The van der Waals surface area contributed by atoms with Crippen LogP contribution in [0, 0.1) is 5.82 Å². The molecule has 2 aromatic carbocycles. The monoisotopic (exact) mass is 452 g/mol. The highest BCUT2D eigenvalue weighted by atomic mass is 35.5. The smallest absolute Gasteiger partial charge is 0.416 e. The molecule has 1 aromatic heterocycles. The number of rotatable bonds is 3. The van der Waals surface area contributed by atoms with Crippen molar-refractivity contribution in [3.05, 3.63) is 81.7 Å². The van der Waals surface area contributed by atoms with Crippen molar-refractivity contribution >= 4 is 29.8 Å². The van der Waals surface area contributed by atoms with E-state index in [9.17, 15) is 9.18 Å². The summed E-state index contributed by atoms with van der Waals surface area (Å²) in [6.45, 7) is 0.492. The summed E-state index contributed by atoms with van der Waals surface area (Å²) < 4.78 is 24.1. The van der Waals surface area contributed by atoms with Crippen molar-refractivity contribution in [2.45, 2.75) is 24.3 Å². The van der Waals surface area contributed by atoms with E-state index >= 15 is 0 Å². The van der Waals surface area contributed by atoms with Gasteiger partial charge in [-0.05, 0) is 71.7 Å². The van der Waals surface area contributed by atoms with Crippen molar-refractivity contribution in [2.75, 3.05) is 13.7 Å².